The first-order valence-electron chi connectivity index (χ1n) is 6.28. The Morgan fingerprint density at radius 2 is 1.62 bits per heavy atom. The Bertz CT molecular complexity index is 389. The molecule has 0 aromatic carbocycles. The molecular weight excluding hydrogens is 315 g/mol. The second kappa shape index (κ2) is 3.43. The zero-order valence-electron chi connectivity index (χ0n) is 9.10. The summed E-state index contributed by atoms with van der Waals surface area (Å²) in [5.74, 6) is 5.23. The summed E-state index contributed by atoms with van der Waals surface area (Å²) >= 11 is 2.14. The molecule has 0 aliphatic heterocycles. The molecule has 1 aromatic rings. The van der Waals surface area contributed by atoms with Gasteiger partial charge in [0.1, 0.15) is 0 Å². The molecule has 4 saturated carbocycles. The Morgan fingerprint density at radius 1 is 1.00 bits per heavy atom. The van der Waals surface area contributed by atoms with E-state index in [-0.39, 0.29) is 0 Å². The van der Waals surface area contributed by atoms with Crippen LogP contribution in [-0.4, -0.2) is 10.1 Å². The number of aromatic nitrogens is 2. The molecule has 0 amide bonds. The molecule has 16 heavy (non-hydrogen) atoms. The van der Waals surface area contributed by atoms with Crippen LogP contribution in [0.5, 0.6) is 0 Å². The molecule has 1 aromatic heterocycles. The minimum absolute atomic E-state index is 0.587. The number of rotatable bonds is 1. The van der Waals surface area contributed by atoms with Crippen molar-refractivity contribution in [1.82, 2.24) is 10.1 Å². The van der Waals surface area contributed by atoms with Crippen LogP contribution < -0.4 is 0 Å². The van der Waals surface area contributed by atoms with Gasteiger partial charge in [-0.05, 0) is 55.8 Å². The smallest absolute Gasteiger partial charge is 0.232 e. The maximum absolute atomic E-state index is 5.42. The van der Waals surface area contributed by atoms with Crippen molar-refractivity contribution in [3.8, 4) is 0 Å². The van der Waals surface area contributed by atoms with Gasteiger partial charge < -0.3 is 4.52 Å². The van der Waals surface area contributed by atoms with Gasteiger partial charge in [-0.3, -0.25) is 0 Å². The molecule has 4 aliphatic rings. The molecular formula is C12H15IN2O. The highest BCUT2D eigenvalue weighted by Gasteiger charge is 2.50. The van der Waals surface area contributed by atoms with E-state index < -0.39 is 0 Å². The maximum atomic E-state index is 5.42. The Hall–Kier alpha value is -0.130. The van der Waals surface area contributed by atoms with Crippen LogP contribution in [0.25, 0.3) is 0 Å². The second-order valence-electron chi connectivity index (χ2n) is 5.86. The van der Waals surface area contributed by atoms with Gasteiger partial charge in [0.2, 0.25) is 9.72 Å². The zero-order valence-corrected chi connectivity index (χ0v) is 11.3. The Labute approximate surface area is 109 Å². The van der Waals surface area contributed by atoms with E-state index in [0.29, 0.717) is 5.92 Å². The summed E-state index contributed by atoms with van der Waals surface area (Å²) in [5, 5.41) is 3.95. The van der Waals surface area contributed by atoms with Crippen LogP contribution in [-0.2, 0) is 0 Å². The number of hydrogen-bond donors (Lipinski definition) is 0. The molecule has 4 fully saturated rings. The molecule has 4 heteroatoms. The van der Waals surface area contributed by atoms with E-state index >= 15 is 0 Å². The van der Waals surface area contributed by atoms with E-state index in [0.717, 1.165) is 33.4 Å². The molecule has 0 atom stereocenters. The van der Waals surface area contributed by atoms with Crippen molar-refractivity contribution in [2.75, 3.05) is 0 Å². The highest BCUT2D eigenvalue weighted by atomic mass is 127. The van der Waals surface area contributed by atoms with E-state index in [2.05, 4.69) is 32.7 Å². The van der Waals surface area contributed by atoms with Crippen LogP contribution >= 0.6 is 22.6 Å². The lowest BCUT2D eigenvalue weighted by molar-refractivity contribution is -0.0131. The fourth-order valence-electron chi connectivity index (χ4n) is 4.68. The third-order valence-corrected chi connectivity index (χ3v) is 5.37. The van der Waals surface area contributed by atoms with Crippen LogP contribution in [0.1, 0.15) is 43.9 Å². The van der Waals surface area contributed by atoms with Gasteiger partial charge in [0.25, 0.3) is 0 Å². The molecule has 0 radical (unpaired) electrons. The van der Waals surface area contributed by atoms with Crippen LogP contribution in [0.4, 0.5) is 0 Å². The van der Waals surface area contributed by atoms with Gasteiger partial charge in [-0.25, -0.2) is 0 Å². The number of halogens is 1. The maximum Gasteiger partial charge on any atom is 0.232 e. The Morgan fingerprint density at radius 3 is 2.12 bits per heavy atom. The fourth-order valence-corrected chi connectivity index (χ4v) is 5.02. The first kappa shape index (κ1) is 9.85. The van der Waals surface area contributed by atoms with Gasteiger partial charge >= 0.3 is 0 Å². The summed E-state index contributed by atoms with van der Waals surface area (Å²) in [6.07, 6.45) is 7.15. The number of nitrogens with zero attached hydrogens (tertiary/aromatic N) is 2. The summed E-state index contributed by atoms with van der Waals surface area (Å²) < 4.78 is 6.19. The van der Waals surface area contributed by atoms with E-state index in [1.165, 1.54) is 32.1 Å². The lowest BCUT2D eigenvalue weighted by atomic mass is 9.52. The molecule has 4 bridgehead atoms. The van der Waals surface area contributed by atoms with Gasteiger partial charge in [-0.2, -0.15) is 4.98 Å². The van der Waals surface area contributed by atoms with E-state index in [1.807, 2.05) is 0 Å². The van der Waals surface area contributed by atoms with Gasteiger partial charge in [0.05, 0.1) is 0 Å². The largest absolute Gasteiger partial charge is 0.338 e. The van der Waals surface area contributed by atoms with Crippen molar-refractivity contribution in [1.29, 1.82) is 0 Å². The van der Waals surface area contributed by atoms with E-state index in [9.17, 15) is 0 Å². The van der Waals surface area contributed by atoms with Crippen molar-refractivity contribution in [2.24, 2.45) is 23.7 Å². The van der Waals surface area contributed by atoms with Crippen LogP contribution in [0, 0.1) is 27.5 Å². The van der Waals surface area contributed by atoms with Crippen molar-refractivity contribution in [2.45, 2.75) is 38.0 Å². The average molecular weight is 330 g/mol. The van der Waals surface area contributed by atoms with Crippen LogP contribution in [0.3, 0.4) is 0 Å². The quantitative estimate of drug-likeness (QED) is 0.742. The molecule has 4 aliphatic carbocycles. The summed E-state index contributed by atoms with van der Waals surface area (Å²) in [6.45, 7) is 0. The van der Waals surface area contributed by atoms with Crippen molar-refractivity contribution >= 4 is 22.6 Å². The first-order valence-corrected chi connectivity index (χ1v) is 7.36. The molecule has 0 spiro atoms. The molecule has 0 saturated heterocycles. The molecule has 0 N–H and O–H groups in total. The summed E-state index contributed by atoms with van der Waals surface area (Å²) in [5.41, 5.74) is 0. The Balaban J connectivity index is 1.69. The predicted molar refractivity (Wildman–Crippen MR) is 66.8 cm³/mol. The van der Waals surface area contributed by atoms with Gasteiger partial charge in [-0.15, -0.1) is 0 Å². The molecule has 86 valence electrons. The number of hydrogen-bond acceptors (Lipinski definition) is 3. The topological polar surface area (TPSA) is 38.9 Å². The van der Waals surface area contributed by atoms with Crippen molar-refractivity contribution < 1.29 is 4.52 Å². The lowest BCUT2D eigenvalue weighted by Crippen LogP contribution is -2.43. The zero-order chi connectivity index (χ0) is 10.7. The fraction of sp³-hybridized carbons (Fsp3) is 0.833. The second-order valence-corrected chi connectivity index (χ2v) is 6.82. The predicted octanol–water partition coefficient (Wildman–Crippen LogP) is 3.21. The summed E-state index contributed by atoms with van der Waals surface area (Å²) in [7, 11) is 0. The van der Waals surface area contributed by atoms with E-state index in [1.54, 1.807) is 0 Å². The highest BCUT2D eigenvalue weighted by molar-refractivity contribution is 14.1. The lowest BCUT2D eigenvalue weighted by Gasteiger charge is -2.53. The third-order valence-electron chi connectivity index (χ3n) is 4.93. The van der Waals surface area contributed by atoms with Gasteiger partial charge in [0, 0.05) is 28.5 Å². The SMILES string of the molecule is Ic1noc(C2C3CC4CC(C3)CC2C4)n1. The first-order chi connectivity index (χ1) is 7.79. The third kappa shape index (κ3) is 1.38. The highest BCUT2D eigenvalue weighted by Crippen LogP contribution is 2.59. The summed E-state index contributed by atoms with van der Waals surface area (Å²) in [6, 6.07) is 0. The molecule has 0 unspecified atom stereocenters. The van der Waals surface area contributed by atoms with Crippen molar-refractivity contribution in [3.05, 3.63) is 9.72 Å². The summed E-state index contributed by atoms with van der Waals surface area (Å²) in [4.78, 5) is 4.47. The standard InChI is InChI=1S/C12H15IN2O/c13-12-14-11(16-15-12)10-8-2-6-1-7(4-8)5-9(10)3-6/h6-10H,1-5H2. The Kier molecular flexibility index (Phi) is 2.11. The minimum atomic E-state index is 0.587. The monoisotopic (exact) mass is 330 g/mol. The van der Waals surface area contributed by atoms with E-state index in [4.69, 9.17) is 4.52 Å². The van der Waals surface area contributed by atoms with Gasteiger partial charge in [0.15, 0.2) is 0 Å². The molecule has 3 nitrogen and oxygen atoms in total. The van der Waals surface area contributed by atoms with Gasteiger partial charge in [-0.1, -0.05) is 5.16 Å². The van der Waals surface area contributed by atoms with Crippen LogP contribution in [0.2, 0.25) is 0 Å². The average Bonchev–Trinajstić information content (AvgIpc) is 2.63. The minimum Gasteiger partial charge on any atom is -0.338 e. The molecule has 1 heterocycles. The molecule has 5 rings (SSSR count). The normalized spacial score (nSPS) is 45.2. The van der Waals surface area contributed by atoms with Crippen molar-refractivity contribution in [3.63, 3.8) is 0 Å². The van der Waals surface area contributed by atoms with Crippen LogP contribution in [0.15, 0.2) is 4.52 Å².